The molecule has 0 aromatic carbocycles. The number of hydrogen-bond donors (Lipinski definition) is 4. The molecule has 0 heterocycles. The number of aliphatic hydroxyl groups is 1. The van der Waals surface area contributed by atoms with Crippen molar-refractivity contribution in [3.05, 3.63) is 29.4 Å². The first-order chi connectivity index (χ1) is 9.40. The number of allylic oxidation sites excluding steroid dienone is 1. The van der Waals surface area contributed by atoms with Gasteiger partial charge in [0.25, 0.3) is 0 Å². The minimum atomic E-state index is -1.30. The van der Waals surface area contributed by atoms with E-state index in [0.29, 0.717) is 0 Å². The van der Waals surface area contributed by atoms with Gasteiger partial charge in [-0.2, -0.15) is 0 Å². The van der Waals surface area contributed by atoms with Gasteiger partial charge in [0, 0.05) is 25.2 Å². The fraction of sp³-hybridized carbons (Fsp3) is 0.333. The summed E-state index contributed by atoms with van der Waals surface area (Å²) in [6.45, 7) is -0.659. The molecule has 1 radical (unpaired) electrons. The van der Waals surface area contributed by atoms with Crippen LogP contribution in [-0.4, -0.2) is 54.1 Å². The van der Waals surface area contributed by atoms with Crippen molar-refractivity contribution in [3.63, 3.8) is 0 Å². The summed E-state index contributed by atoms with van der Waals surface area (Å²) in [5.41, 5.74) is 0.491. The zero-order chi connectivity index (χ0) is 15.1. The second kappa shape index (κ2) is 7.53. The van der Waals surface area contributed by atoms with E-state index < -0.39 is 18.5 Å². The highest BCUT2D eigenvalue weighted by Crippen LogP contribution is 2.20. The Morgan fingerprint density at radius 3 is 2.30 bits per heavy atom. The Bertz CT molecular complexity index is 469. The molecular weight excluding hydrogens is 268 g/mol. The maximum atomic E-state index is 11.7. The van der Waals surface area contributed by atoms with Crippen LogP contribution in [0.25, 0.3) is 0 Å². The summed E-state index contributed by atoms with van der Waals surface area (Å²) in [6, 6.07) is 0. The number of nitrogens with one attached hydrogen (secondary N) is 2. The lowest BCUT2D eigenvalue weighted by Gasteiger charge is -2.18. The minimum absolute atomic E-state index is 0.0107. The van der Waals surface area contributed by atoms with Crippen LogP contribution in [0.5, 0.6) is 0 Å². The zero-order valence-corrected chi connectivity index (χ0v) is 10.5. The van der Waals surface area contributed by atoms with Crippen molar-refractivity contribution in [2.24, 2.45) is 0 Å². The molecule has 0 spiro atoms. The zero-order valence-electron chi connectivity index (χ0n) is 10.5. The summed E-state index contributed by atoms with van der Waals surface area (Å²) < 4.78 is 0. The van der Waals surface area contributed by atoms with Crippen LogP contribution in [0.3, 0.4) is 0 Å². The molecule has 20 heavy (non-hydrogen) atoms. The molecule has 0 saturated heterocycles. The van der Waals surface area contributed by atoms with Crippen LogP contribution >= 0.6 is 0 Å². The van der Waals surface area contributed by atoms with Crippen LogP contribution in [0, 0.1) is 6.10 Å². The van der Waals surface area contributed by atoms with Gasteiger partial charge in [0.1, 0.15) is 6.10 Å². The number of ketones is 1. The molecule has 0 fully saturated rings. The Balaban J connectivity index is 2.50. The van der Waals surface area contributed by atoms with E-state index in [1.807, 2.05) is 0 Å². The molecule has 0 aromatic heterocycles. The number of aliphatic carboxylic acids is 2. The highest BCUT2D eigenvalue weighted by molar-refractivity contribution is 6.06. The van der Waals surface area contributed by atoms with Gasteiger partial charge in [-0.15, -0.1) is 0 Å². The van der Waals surface area contributed by atoms with Gasteiger partial charge in [0.05, 0.1) is 12.5 Å². The largest absolute Gasteiger partial charge is 0.549 e. The quantitative estimate of drug-likeness (QED) is 0.378. The summed E-state index contributed by atoms with van der Waals surface area (Å²) in [5, 5.41) is 33.4. The first-order valence-electron chi connectivity index (χ1n) is 5.75. The van der Waals surface area contributed by atoms with Crippen LogP contribution in [-0.2, 0) is 14.4 Å². The maximum Gasteiger partial charge on any atom is 0.317 e. The number of carboxylic acids is 2. The van der Waals surface area contributed by atoms with Crippen LogP contribution < -0.4 is 15.7 Å². The summed E-state index contributed by atoms with van der Waals surface area (Å²) in [7, 11) is 0. The molecule has 1 aliphatic carbocycles. The molecule has 8 heteroatoms. The predicted octanol–water partition coefficient (Wildman–Crippen LogP) is -2.66. The molecule has 0 bridgehead atoms. The second-order valence-corrected chi connectivity index (χ2v) is 4.06. The van der Waals surface area contributed by atoms with Gasteiger partial charge in [-0.1, -0.05) is 0 Å². The fourth-order valence-electron chi connectivity index (χ4n) is 1.54. The number of carbonyl (C=O) groups is 3. The molecular formula is C12H14N2O6-. The Kier molecular flexibility index (Phi) is 6.04. The van der Waals surface area contributed by atoms with Gasteiger partial charge < -0.3 is 30.7 Å². The van der Waals surface area contributed by atoms with E-state index in [9.17, 15) is 24.6 Å². The molecule has 1 aliphatic rings. The molecule has 8 nitrogen and oxygen atoms in total. The molecule has 1 rings (SSSR count). The maximum absolute atomic E-state index is 11.7. The van der Waals surface area contributed by atoms with E-state index in [1.54, 1.807) is 0 Å². The molecule has 109 valence electrons. The third kappa shape index (κ3) is 5.31. The van der Waals surface area contributed by atoms with Gasteiger partial charge >= 0.3 is 5.97 Å². The van der Waals surface area contributed by atoms with Crippen molar-refractivity contribution in [1.29, 1.82) is 0 Å². The van der Waals surface area contributed by atoms with Gasteiger partial charge in [0.15, 0.2) is 5.78 Å². The lowest BCUT2D eigenvalue weighted by Crippen LogP contribution is -2.36. The number of hydrogen-bond acceptors (Lipinski definition) is 7. The van der Waals surface area contributed by atoms with Crippen molar-refractivity contribution >= 4 is 17.7 Å². The average Bonchev–Trinajstić information content (AvgIpc) is 2.33. The second-order valence-electron chi connectivity index (χ2n) is 4.06. The topological polar surface area (TPSA) is 139 Å². The smallest absolute Gasteiger partial charge is 0.317 e. The monoisotopic (exact) mass is 282 g/mol. The van der Waals surface area contributed by atoms with E-state index in [-0.39, 0.29) is 42.7 Å². The lowest BCUT2D eigenvalue weighted by molar-refractivity contribution is -0.304. The van der Waals surface area contributed by atoms with Gasteiger partial charge in [-0.25, -0.2) is 0 Å². The van der Waals surface area contributed by atoms with E-state index in [4.69, 9.17) is 5.11 Å². The van der Waals surface area contributed by atoms with Crippen molar-refractivity contribution in [2.75, 3.05) is 26.2 Å². The molecule has 4 N–H and O–H groups in total. The van der Waals surface area contributed by atoms with Crippen molar-refractivity contribution < 1.29 is 29.7 Å². The minimum Gasteiger partial charge on any atom is -0.549 e. The van der Waals surface area contributed by atoms with Crippen molar-refractivity contribution in [3.8, 4) is 0 Å². The van der Waals surface area contributed by atoms with Crippen molar-refractivity contribution in [2.45, 2.75) is 0 Å². The number of carboxylic acid groups (broad SMARTS) is 2. The van der Waals surface area contributed by atoms with E-state index in [0.717, 1.165) is 0 Å². The third-order valence-corrected chi connectivity index (χ3v) is 2.44. The molecule has 0 amide bonds. The third-order valence-electron chi connectivity index (χ3n) is 2.44. The highest BCUT2D eigenvalue weighted by atomic mass is 16.4. The molecule has 0 saturated carbocycles. The summed E-state index contributed by atoms with van der Waals surface area (Å²) in [4.78, 5) is 32.2. The molecule has 0 atom stereocenters. The first-order valence-corrected chi connectivity index (χ1v) is 5.75. The summed E-state index contributed by atoms with van der Waals surface area (Å²) in [6.07, 6.45) is 2.25. The SMILES string of the molecule is O=C([O-])CNCC1=C[C](O)C(CNCC(=O)O)=CC1=O. The number of aliphatic hydroxyl groups excluding tert-OH is 1. The molecule has 0 aromatic rings. The van der Waals surface area contributed by atoms with Crippen LogP contribution in [0.1, 0.15) is 0 Å². The summed E-state index contributed by atoms with van der Waals surface area (Å²) >= 11 is 0. The van der Waals surface area contributed by atoms with E-state index in [2.05, 4.69) is 10.6 Å². The number of rotatable bonds is 8. The Hall–Kier alpha value is -2.03. The Morgan fingerprint density at radius 1 is 1.10 bits per heavy atom. The standard InChI is InChI=1S/C12H15N2O6/c15-9-1-7(3-13-5-11(17)18)10(16)2-8(9)4-14-6-12(19)20/h1-2,13-15H,3-6H2,(H,17,18)(H,19,20)/p-1. The van der Waals surface area contributed by atoms with Crippen LogP contribution in [0.4, 0.5) is 0 Å². The average molecular weight is 282 g/mol. The van der Waals surface area contributed by atoms with Gasteiger partial charge in [0.2, 0.25) is 0 Å². The number of carbonyl (C=O) groups excluding carboxylic acids is 2. The van der Waals surface area contributed by atoms with E-state index >= 15 is 0 Å². The molecule has 0 unspecified atom stereocenters. The normalized spacial score (nSPS) is 15.8. The molecule has 0 aliphatic heterocycles. The predicted molar refractivity (Wildman–Crippen MR) is 64.7 cm³/mol. The van der Waals surface area contributed by atoms with Crippen molar-refractivity contribution in [1.82, 2.24) is 10.6 Å². The lowest BCUT2D eigenvalue weighted by atomic mass is 9.95. The summed E-state index contributed by atoms with van der Waals surface area (Å²) in [5.74, 6) is -2.72. The fourth-order valence-corrected chi connectivity index (χ4v) is 1.54. The highest BCUT2D eigenvalue weighted by Gasteiger charge is 2.21. The van der Waals surface area contributed by atoms with Gasteiger partial charge in [-0.3, -0.25) is 9.59 Å². The Morgan fingerprint density at radius 2 is 1.70 bits per heavy atom. The first kappa shape index (κ1) is 16.0. The van der Waals surface area contributed by atoms with E-state index in [1.165, 1.54) is 12.2 Å². The van der Waals surface area contributed by atoms with Crippen LogP contribution in [0.15, 0.2) is 23.3 Å². The van der Waals surface area contributed by atoms with Gasteiger partial charge in [-0.05, 0) is 17.7 Å². The van der Waals surface area contributed by atoms with Crippen LogP contribution in [0.2, 0.25) is 0 Å². The Labute approximate surface area is 114 Å².